The molecule has 2 N–H and O–H groups in total. The van der Waals surface area contributed by atoms with Gasteiger partial charge in [-0.3, -0.25) is 9.59 Å². The Morgan fingerprint density at radius 3 is 2.56 bits per heavy atom. The average Bonchev–Trinajstić information content (AvgIpc) is 2.80. The number of hydrogen-bond acceptors (Lipinski definition) is 5. The van der Waals surface area contributed by atoms with Gasteiger partial charge in [0.25, 0.3) is 5.91 Å². The highest BCUT2D eigenvalue weighted by Crippen LogP contribution is 2.19. The summed E-state index contributed by atoms with van der Waals surface area (Å²) in [5.74, 6) is -0.940. The quantitative estimate of drug-likeness (QED) is 0.347. The third-order valence-corrected chi connectivity index (χ3v) is 5.75. The van der Waals surface area contributed by atoms with Crippen LogP contribution in [-0.2, 0) is 11.2 Å². The Hall–Kier alpha value is -2.97. The van der Waals surface area contributed by atoms with E-state index in [4.69, 9.17) is 11.6 Å². The van der Waals surface area contributed by atoms with E-state index in [9.17, 15) is 14.0 Å². The second-order valence-electron chi connectivity index (χ2n) is 6.88. The molecule has 0 saturated heterocycles. The third kappa shape index (κ3) is 6.51. The first-order valence-corrected chi connectivity index (χ1v) is 11.4. The van der Waals surface area contributed by atoms with E-state index in [2.05, 4.69) is 20.6 Å². The molecule has 0 bridgehead atoms. The first-order chi connectivity index (χ1) is 15.5. The summed E-state index contributed by atoms with van der Waals surface area (Å²) in [6, 6.07) is 14.1. The van der Waals surface area contributed by atoms with Crippen LogP contribution < -0.4 is 10.6 Å². The van der Waals surface area contributed by atoms with Gasteiger partial charge in [-0.05, 0) is 24.1 Å². The summed E-state index contributed by atoms with van der Waals surface area (Å²) in [6.45, 7) is 2.03. The number of hydrogen-bond donors (Lipinski definition) is 2. The fourth-order valence-corrected chi connectivity index (χ4v) is 3.69. The third-order valence-electron chi connectivity index (χ3n) is 4.41. The van der Waals surface area contributed by atoms with Crippen LogP contribution in [0.15, 0.2) is 66.0 Å². The van der Waals surface area contributed by atoms with Crippen LogP contribution in [0.25, 0.3) is 0 Å². The lowest BCUT2D eigenvalue weighted by Crippen LogP contribution is -2.45. The smallest absolute Gasteiger partial charge is 0.272 e. The van der Waals surface area contributed by atoms with E-state index in [1.54, 1.807) is 6.07 Å². The summed E-state index contributed by atoms with van der Waals surface area (Å²) in [7, 11) is 0. The summed E-state index contributed by atoms with van der Waals surface area (Å²) < 4.78 is 14.0. The van der Waals surface area contributed by atoms with Gasteiger partial charge in [0.05, 0.1) is 16.9 Å². The normalized spacial score (nSPS) is 11.6. The van der Waals surface area contributed by atoms with Crippen LogP contribution in [0.3, 0.4) is 0 Å². The van der Waals surface area contributed by atoms with Crippen LogP contribution in [0.4, 0.5) is 10.1 Å². The molecule has 2 amide bonds. The van der Waals surface area contributed by atoms with E-state index in [0.29, 0.717) is 5.16 Å². The van der Waals surface area contributed by atoms with Crippen molar-refractivity contribution in [3.8, 4) is 0 Å². The van der Waals surface area contributed by atoms with Crippen LogP contribution in [0.1, 0.15) is 29.4 Å². The average molecular weight is 473 g/mol. The molecule has 0 saturated carbocycles. The molecule has 0 fully saturated rings. The minimum Gasteiger partial charge on any atom is -0.338 e. The number of rotatable bonds is 9. The molecule has 0 aliphatic heterocycles. The number of para-hydroxylation sites is 1. The van der Waals surface area contributed by atoms with Crippen molar-refractivity contribution in [3.05, 3.63) is 82.9 Å². The van der Waals surface area contributed by atoms with Gasteiger partial charge in [0.2, 0.25) is 5.91 Å². The first kappa shape index (κ1) is 23.7. The molecule has 0 unspecified atom stereocenters. The fraction of sp³-hybridized carbons (Fsp3) is 0.217. The van der Waals surface area contributed by atoms with Crippen molar-refractivity contribution in [2.45, 2.75) is 31.0 Å². The standard InChI is InChI=1S/C23H22ClFN4O2S/c1-2-12-32-23-26-14-16(24)20(29-23)22(31)28-19(13-15-8-4-3-5-9-15)21(30)27-18-11-7-6-10-17(18)25/h3-11,14,19H,2,12-13H2,1H3,(H,27,30)(H,28,31)/t19-/m1/s1. The molecule has 0 radical (unpaired) electrons. The van der Waals surface area contributed by atoms with Crippen LogP contribution in [0, 0.1) is 5.82 Å². The van der Waals surface area contributed by atoms with Crippen molar-refractivity contribution in [1.82, 2.24) is 15.3 Å². The molecule has 1 heterocycles. The molecule has 0 spiro atoms. The molecule has 9 heteroatoms. The minimum absolute atomic E-state index is 0.0166. The summed E-state index contributed by atoms with van der Waals surface area (Å²) in [5.41, 5.74) is 0.842. The minimum atomic E-state index is -0.984. The monoisotopic (exact) mass is 472 g/mol. The number of halogens is 2. The highest BCUT2D eigenvalue weighted by molar-refractivity contribution is 7.99. The largest absolute Gasteiger partial charge is 0.338 e. The molecule has 0 aliphatic carbocycles. The Morgan fingerprint density at radius 1 is 1.12 bits per heavy atom. The predicted octanol–water partition coefficient (Wildman–Crippen LogP) is 4.75. The summed E-state index contributed by atoms with van der Waals surface area (Å²) >= 11 is 7.56. The zero-order valence-corrected chi connectivity index (χ0v) is 18.9. The molecule has 1 aromatic heterocycles. The lowest BCUT2D eigenvalue weighted by atomic mass is 10.0. The van der Waals surface area contributed by atoms with E-state index in [1.807, 2.05) is 37.3 Å². The predicted molar refractivity (Wildman–Crippen MR) is 124 cm³/mol. The van der Waals surface area contributed by atoms with E-state index < -0.39 is 23.7 Å². The van der Waals surface area contributed by atoms with Gasteiger partial charge in [0.15, 0.2) is 10.9 Å². The second kappa shape index (κ2) is 11.6. The Bertz CT molecular complexity index is 1080. The van der Waals surface area contributed by atoms with Crippen LogP contribution in [0.2, 0.25) is 5.02 Å². The molecule has 2 aromatic carbocycles. The number of aromatic nitrogens is 2. The van der Waals surface area contributed by atoms with Crippen molar-refractivity contribution < 1.29 is 14.0 Å². The summed E-state index contributed by atoms with van der Waals surface area (Å²) in [5, 5.41) is 5.74. The Morgan fingerprint density at radius 2 is 1.84 bits per heavy atom. The number of thioether (sulfide) groups is 1. The number of anilines is 1. The number of carbonyl (C=O) groups excluding carboxylic acids is 2. The molecule has 1 atom stereocenters. The zero-order valence-electron chi connectivity index (χ0n) is 17.3. The second-order valence-corrected chi connectivity index (χ2v) is 8.35. The van der Waals surface area contributed by atoms with Gasteiger partial charge in [-0.25, -0.2) is 14.4 Å². The number of nitrogens with one attached hydrogen (secondary N) is 2. The number of amides is 2. The highest BCUT2D eigenvalue weighted by atomic mass is 35.5. The van der Waals surface area contributed by atoms with E-state index in [1.165, 1.54) is 36.2 Å². The topological polar surface area (TPSA) is 84.0 Å². The summed E-state index contributed by atoms with van der Waals surface area (Å²) in [6.07, 6.45) is 2.49. The van der Waals surface area contributed by atoms with Gasteiger partial charge in [-0.15, -0.1) is 0 Å². The molecule has 3 rings (SSSR count). The van der Waals surface area contributed by atoms with Crippen LogP contribution in [0.5, 0.6) is 0 Å². The lowest BCUT2D eigenvalue weighted by Gasteiger charge is -2.19. The Kier molecular flexibility index (Phi) is 8.58. The number of benzene rings is 2. The molecule has 32 heavy (non-hydrogen) atoms. The maximum atomic E-state index is 14.0. The van der Waals surface area contributed by atoms with Crippen molar-refractivity contribution in [2.75, 3.05) is 11.1 Å². The van der Waals surface area contributed by atoms with Crippen molar-refractivity contribution in [1.29, 1.82) is 0 Å². The van der Waals surface area contributed by atoms with Gasteiger partial charge in [0, 0.05) is 12.2 Å². The van der Waals surface area contributed by atoms with Crippen molar-refractivity contribution in [3.63, 3.8) is 0 Å². The summed E-state index contributed by atoms with van der Waals surface area (Å²) in [4.78, 5) is 34.3. The number of nitrogens with zero attached hydrogens (tertiary/aromatic N) is 2. The molecular weight excluding hydrogens is 451 g/mol. The maximum Gasteiger partial charge on any atom is 0.272 e. The fourth-order valence-electron chi connectivity index (χ4n) is 2.84. The lowest BCUT2D eigenvalue weighted by molar-refractivity contribution is -0.118. The van der Waals surface area contributed by atoms with E-state index in [-0.39, 0.29) is 22.8 Å². The molecular formula is C23H22ClFN4O2S. The molecule has 166 valence electrons. The Labute approximate surface area is 195 Å². The molecule has 6 nitrogen and oxygen atoms in total. The first-order valence-electron chi connectivity index (χ1n) is 10.0. The van der Waals surface area contributed by atoms with Gasteiger partial charge >= 0.3 is 0 Å². The zero-order chi connectivity index (χ0) is 22.9. The van der Waals surface area contributed by atoms with E-state index >= 15 is 0 Å². The van der Waals surface area contributed by atoms with Crippen molar-refractivity contribution >= 4 is 40.9 Å². The molecule has 0 aliphatic rings. The molecule has 3 aromatic rings. The van der Waals surface area contributed by atoms with E-state index in [0.717, 1.165) is 17.7 Å². The maximum absolute atomic E-state index is 14.0. The van der Waals surface area contributed by atoms with Gasteiger partial charge in [0.1, 0.15) is 11.9 Å². The number of carbonyl (C=O) groups is 2. The van der Waals surface area contributed by atoms with Gasteiger partial charge in [-0.1, -0.05) is 72.8 Å². The van der Waals surface area contributed by atoms with Crippen molar-refractivity contribution in [2.24, 2.45) is 0 Å². The van der Waals surface area contributed by atoms with Gasteiger partial charge in [-0.2, -0.15) is 0 Å². The SMILES string of the molecule is CCCSc1ncc(Cl)c(C(=O)N[C@H](Cc2ccccc2)C(=O)Nc2ccccc2F)n1. The highest BCUT2D eigenvalue weighted by Gasteiger charge is 2.25. The van der Waals surface area contributed by atoms with Crippen LogP contribution in [-0.4, -0.2) is 33.6 Å². The van der Waals surface area contributed by atoms with Crippen LogP contribution >= 0.6 is 23.4 Å². The van der Waals surface area contributed by atoms with Gasteiger partial charge < -0.3 is 10.6 Å². The Balaban J connectivity index is 1.82.